The quantitative estimate of drug-likeness (QED) is 0.888. The van der Waals surface area contributed by atoms with Crippen LogP contribution in [-0.2, 0) is 0 Å². The van der Waals surface area contributed by atoms with Crippen molar-refractivity contribution in [1.29, 1.82) is 0 Å². The third-order valence-electron chi connectivity index (χ3n) is 5.74. The number of nitrogens with one attached hydrogen (secondary N) is 1. The highest BCUT2D eigenvalue weighted by Gasteiger charge is 2.32. The van der Waals surface area contributed by atoms with E-state index in [1.54, 1.807) is 11.3 Å². The first-order valence-corrected chi connectivity index (χ1v) is 10.2. The molecule has 1 aromatic heterocycles. The molecule has 3 heterocycles. The number of hydrogen-bond donors (Lipinski definition) is 1. The zero-order valence-electron chi connectivity index (χ0n) is 15.1. The molecule has 0 spiro atoms. The van der Waals surface area contributed by atoms with Crippen LogP contribution in [0.25, 0.3) is 0 Å². The summed E-state index contributed by atoms with van der Waals surface area (Å²) in [5.74, 6) is 0.673. The SMILES string of the molecule is CN1CCC(C)(CN2CCC[C@@H](CNC(=O)c3ccsc3)C2)CC1. The molecule has 1 atom stereocenters. The van der Waals surface area contributed by atoms with E-state index < -0.39 is 0 Å². The van der Waals surface area contributed by atoms with Gasteiger partial charge in [0.25, 0.3) is 5.91 Å². The van der Waals surface area contributed by atoms with Gasteiger partial charge in [-0.05, 0) is 75.1 Å². The van der Waals surface area contributed by atoms with Crippen molar-refractivity contribution in [2.24, 2.45) is 11.3 Å². The molecule has 24 heavy (non-hydrogen) atoms. The number of thiophene rings is 1. The molecule has 2 aliphatic heterocycles. The van der Waals surface area contributed by atoms with Crippen LogP contribution in [0.4, 0.5) is 0 Å². The summed E-state index contributed by atoms with van der Waals surface area (Å²) in [5, 5.41) is 7.01. The van der Waals surface area contributed by atoms with Gasteiger partial charge in [-0.1, -0.05) is 6.92 Å². The summed E-state index contributed by atoms with van der Waals surface area (Å²) in [7, 11) is 2.23. The number of piperidine rings is 2. The predicted octanol–water partition coefficient (Wildman–Crippen LogP) is 2.92. The fourth-order valence-corrected chi connectivity index (χ4v) is 4.69. The van der Waals surface area contributed by atoms with Crippen LogP contribution in [-0.4, -0.2) is 62.0 Å². The lowest BCUT2D eigenvalue weighted by atomic mass is 9.79. The van der Waals surface area contributed by atoms with Crippen LogP contribution in [0.1, 0.15) is 43.0 Å². The van der Waals surface area contributed by atoms with E-state index in [0.717, 1.165) is 18.7 Å². The van der Waals surface area contributed by atoms with Crippen LogP contribution in [0, 0.1) is 11.3 Å². The second-order valence-electron chi connectivity index (χ2n) is 8.08. The van der Waals surface area contributed by atoms with E-state index in [-0.39, 0.29) is 5.91 Å². The topological polar surface area (TPSA) is 35.6 Å². The molecule has 0 radical (unpaired) electrons. The van der Waals surface area contributed by atoms with Gasteiger partial charge in [0.1, 0.15) is 0 Å². The first kappa shape index (κ1) is 17.9. The van der Waals surface area contributed by atoms with Crippen molar-refractivity contribution in [2.45, 2.75) is 32.6 Å². The lowest BCUT2D eigenvalue weighted by Gasteiger charge is -2.43. The van der Waals surface area contributed by atoms with Crippen LogP contribution >= 0.6 is 11.3 Å². The first-order valence-electron chi connectivity index (χ1n) is 9.25. The molecule has 1 amide bonds. The average molecular weight is 350 g/mol. The lowest BCUT2D eigenvalue weighted by Crippen LogP contribution is -2.48. The van der Waals surface area contributed by atoms with Crippen molar-refractivity contribution >= 4 is 17.2 Å². The molecule has 0 aliphatic carbocycles. The van der Waals surface area contributed by atoms with Crippen LogP contribution in [0.5, 0.6) is 0 Å². The summed E-state index contributed by atoms with van der Waals surface area (Å²) >= 11 is 1.58. The zero-order valence-corrected chi connectivity index (χ0v) is 15.9. The van der Waals surface area contributed by atoms with Crippen molar-refractivity contribution in [3.05, 3.63) is 22.4 Å². The van der Waals surface area contributed by atoms with Gasteiger partial charge in [-0.2, -0.15) is 11.3 Å². The second kappa shape index (κ2) is 7.98. The molecular weight excluding hydrogens is 318 g/mol. The standard InChI is InChI=1S/C19H31N3OS/c1-19(6-9-21(2)10-7-19)15-22-8-3-4-16(13-22)12-20-18(23)17-5-11-24-14-17/h5,11,14,16H,3-4,6-10,12-13,15H2,1-2H3,(H,20,23)/t16-/m0/s1. The molecule has 0 bridgehead atoms. The maximum absolute atomic E-state index is 12.1. The molecule has 2 saturated heterocycles. The Morgan fingerprint density at radius 2 is 2.17 bits per heavy atom. The van der Waals surface area contributed by atoms with Gasteiger partial charge in [-0.3, -0.25) is 4.79 Å². The van der Waals surface area contributed by atoms with Gasteiger partial charge in [0.05, 0.1) is 0 Å². The minimum atomic E-state index is 0.0793. The normalized spacial score (nSPS) is 25.5. The van der Waals surface area contributed by atoms with Crippen molar-refractivity contribution in [1.82, 2.24) is 15.1 Å². The van der Waals surface area contributed by atoms with Gasteiger partial charge in [0.15, 0.2) is 0 Å². The number of amides is 1. The summed E-state index contributed by atoms with van der Waals surface area (Å²) in [6.45, 7) is 9.30. The summed E-state index contributed by atoms with van der Waals surface area (Å²) in [6, 6.07) is 1.90. The smallest absolute Gasteiger partial charge is 0.252 e. The van der Waals surface area contributed by atoms with Gasteiger partial charge < -0.3 is 15.1 Å². The molecule has 5 heteroatoms. The molecule has 4 nitrogen and oxygen atoms in total. The Bertz CT molecular complexity index is 523. The Morgan fingerprint density at radius 1 is 1.38 bits per heavy atom. The lowest BCUT2D eigenvalue weighted by molar-refractivity contribution is 0.0628. The van der Waals surface area contributed by atoms with E-state index in [1.165, 1.54) is 51.9 Å². The monoisotopic (exact) mass is 349 g/mol. The molecule has 1 N–H and O–H groups in total. The third kappa shape index (κ3) is 4.80. The molecule has 0 saturated carbocycles. The van der Waals surface area contributed by atoms with E-state index in [0.29, 0.717) is 11.3 Å². The Morgan fingerprint density at radius 3 is 2.88 bits per heavy atom. The maximum Gasteiger partial charge on any atom is 0.252 e. The zero-order chi connectivity index (χ0) is 17.0. The molecule has 0 aromatic carbocycles. The van der Waals surface area contributed by atoms with Gasteiger partial charge in [-0.25, -0.2) is 0 Å². The Hall–Kier alpha value is -0.910. The summed E-state index contributed by atoms with van der Waals surface area (Å²) < 4.78 is 0. The summed E-state index contributed by atoms with van der Waals surface area (Å²) in [5.41, 5.74) is 1.26. The van der Waals surface area contributed by atoms with E-state index in [4.69, 9.17) is 0 Å². The van der Waals surface area contributed by atoms with Crippen molar-refractivity contribution in [3.8, 4) is 0 Å². The number of carbonyl (C=O) groups excluding carboxylic acids is 1. The Labute approximate surface area is 150 Å². The van der Waals surface area contributed by atoms with Crippen LogP contribution in [0.2, 0.25) is 0 Å². The first-order chi connectivity index (χ1) is 11.5. The number of nitrogens with zero attached hydrogens (tertiary/aromatic N) is 2. The van der Waals surface area contributed by atoms with E-state index in [9.17, 15) is 4.79 Å². The highest BCUT2D eigenvalue weighted by molar-refractivity contribution is 7.08. The number of carbonyl (C=O) groups is 1. The molecule has 134 valence electrons. The molecule has 0 unspecified atom stereocenters. The maximum atomic E-state index is 12.1. The van der Waals surface area contributed by atoms with Crippen LogP contribution < -0.4 is 5.32 Å². The number of hydrogen-bond acceptors (Lipinski definition) is 4. The number of likely N-dealkylation sites (tertiary alicyclic amines) is 2. The molecule has 2 aliphatic rings. The highest BCUT2D eigenvalue weighted by Crippen LogP contribution is 2.32. The second-order valence-corrected chi connectivity index (χ2v) is 8.86. The largest absolute Gasteiger partial charge is 0.352 e. The predicted molar refractivity (Wildman–Crippen MR) is 101 cm³/mol. The van der Waals surface area contributed by atoms with Crippen molar-refractivity contribution in [2.75, 3.05) is 46.3 Å². The van der Waals surface area contributed by atoms with Crippen molar-refractivity contribution in [3.63, 3.8) is 0 Å². The fourth-order valence-electron chi connectivity index (χ4n) is 4.05. The average Bonchev–Trinajstić information content (AvgIpc) is 3.11. The molecular formula is C19H31N3OS. The Balaban J connectivity index is 1.45. The molecule has 3 rings (SSSR count). The Kier molecular flexibility index (Phi) is 5.95. The van der Waals surface area contributed by atoms with Gasteiger partial charge in [0, 0.05) is 30.6 Å². The van der Waals surface area contributed by atoms with Gasteiger partial charge >= 0.3 is 0 Å². The van der Waals surface area contributed by atoms with Gasteiger partial charge in [0.2, 0.25) is 0 Å². The summed E-state index contributed by atoms with van der Waals surface area (Å²) in [4.78, 5) is 17.2. The van der Waals surface area contributed by atoms with Gasteiger partial charge in [-0.15, -0.1) is 0 Å². The van der Waals surface area contributed by atoms with Crippen LogP contribution in [0.3, 0.4) is 0 Å². The third-order valence-corrected chi connectivity index (χ3v) is 6.42. The van der Waals surface area contributed by atoms with E-state index >= 15 is 0 Å². The minimum absolute atomic E-state index is 0.0793. The van der Waals surface area contributed by atoms with Crippen molar-refractivity contribution < 1.29 is 4.79 Å². The van der Waals surface area contributed by atoms with E-state index in [1.807, 2.05) is 16.8 Å². The fraction of sp³-hybridized carbons (Fsp3) is 0.737. The van der Waals surface area contributed by atoms with E-state index in [2.05, 4.69) is 29.1 Å². The number of rotatable bonds is 5. The molecule has 2 fully saturated rings. The highest BCUT2D eigenvalue weighted by atomic mass is 32.1. The van der Waals surface area contributed by atoms with Crippen LogP contribution in [0.15, 0.2) is 16.8 Å². The molecule has 1 aromatic rings. The summed E-state index contributed by atoms with van der Waals surface area (Å²) in [6.07, 6.45) is 5.11. The minimum Gasteiger partial charge on any atom is -0.352 e.